The SMILES string of the molecule is CCC(CC)c1nn(-c2ccc(C#N)cc2)c2c1CCN2. The molecule has 0 saturated carbocycles. The molecule has 0 fully saturated rings. The Hall–Kier alpha value is -2.28. The van der Waals surface area contributed by atoms with Crippen LogP contribution in [0.3, 0.4) is 0 Å². The normalized spacial score (nSPS) is 13.0. The van der Waals surface area contributed by atoms with Gasteiger partial charge in [0.05, 0.1) is 23.0 Å². The summed E-state index contributed by atoms with van der Waals surface area (Å²) in [6.07, 6.45) is 3.29. The van der Waals surface area contributed by atoms with Crippen LogP contribution in [0.5, 0.6) is 0 Å². The van der Waals surface area contributed by atoms with Crippen LogP contribution < -0.4 is 5.32 Å². The van der Waals surface area contributed by atoms with E-state index in [2.05, 4.69) is 25.2 Å². The van der Waals surface area contributed by atoms with Gasteiger partial charge in [0.15, 0.2) is 0 Å². The smallest absolute Gasteiger partial charge is 0.133 e. The van der Waals surface area contributed by atoms with Crippen LogP contribution >= 0.6 is 0 Å². The third kappa shape index (κ3) is 2.29. The highest BCUT2D eigenvalue weighted by Crippen LogP contribution is 2.34. The first-order valence-corrected chi connectivity index (χ1v) is 7.64. The highest BCUT2D eigenvalue weighted by Gasteiger charge is 2.26. The Bertz CT molecular complexity index is 672. The monoisotopic (exact) mass is 280 g/mol. The molecule has 0 atom stereocenters. The topological polar surface area (TPSA) is 53.6 Å². The minimum atomic E-state index is 0.526. The fourth-order valence-corrected chi connectivity index (χ4v) is 3.07. The van der Waals surface area contributed by atoms with Crippen LogP contribution in [0.4, 0.5) is 5.82 Å². The standard InChI is InChI=1S/C17H20N4/c1-3-13(4-2)16-15-9-10-19-17(15)21(20-16)14-7-5-12(11-18)6-8-14/h5-8,13,19H,3-4,9-10H2,1-2H3. The maximum atomic E-state index is 8.91. The molecule has 108 valence electrons. The molecule has 0 amide bonds. The third-order valence-electron chi connectivity index (χ3n) is 4.30. The van der Waals surface area contributed by atoms with Gasteiger partial charge in [0.1, 0.15) is 5.82 Å². The van der Waals surface area contributed by atoms with Crippen LogP contribution in [-0.2, 0) is 6.42 Å². The van der Waals surface area contributed by atoms with E-state index in [4.69, 9.17) is 10.4 Å². The lowest BCUT2D eigenvalue weighted by Crippen LogP contribution is -2.06. The number of nitriles is 1. The molecule has 1 aromatic heterocycles. The Balaban J connectivity index is 2.07. The molecule has 0 aliphatic carbocycles. The zero-order chi connectivity index (χ0) is 14.8. The summed E-state index contributed by atoms with van der Waals surface area (Å²) >= 11 is 0. The molecule has 3 rings (SSSR count). The summed E-state index contributed by atoms with van der Waals surface area (Å²) in [6.45, 7) is 5.43. The molecule has 4 nitrogen and oxygen atoms in total. The largest absolute Gasteiger partial charge is 0.369 e. The predicted molar refractivity (Wildman–Crippen MR) is 83.8 cm³/mol. The van der Waals surface area contributed by atoms with E-state index in [0.29, 0.717) is 11.5 Å². The number of hydrogen-bond donors (Lipinski definition) is 1. The van der Waals surface area contributed by atoms with Crippen LogP contribution in [0.25, 0.3) is 5.69 Å². The van der Waals surface area contributed by atoms with Crippen molar-refractivity contribution >= 4 is 5.82 Å². The van der Waals surface area contributed by atoms with Crippen molar-refractivity contribution in [2.75, 3.05) is 11.9 Å². The second-order valence-electron chi connectivity index (χ2n) is 5.47. The van der Waals surface area contributed by atoms with Gasteiger partial charge in [-0.15, -0.1) is 0 Å². The Morgan fingerprint density at radius 3 is 2.62 bits per heavy atom. The van der Waals surface area contributed by atoms with E-state index in [0.717, 1.165) is 37.3 Å². The molecule has 0 radical (unpaired) electrons. The van der Waals surface area contributed by atoms with Crippen molar-refractivity contribution in [2.45, 2.75) is 39.0 Å². The fraction of sp³-hybridized carbons (Fsp3) is 0.412. The van der Waals surface area contributed by atoms with E-state index < -0.39 is 0 Å². The lowest BCUT2D eigenvalue weighted by molar-refractivity contribution is 0.607. The van der Waals surface area contributed by atoms with Crippen molar-refractivity contribution in [1.29, 1.82) is 5.26 Å². The van der Waals surface area contributed by atoms with E-state index in [-0.39, 0.29) is 0 Å². The highest BCUT2D eigenvalue weighted by atomic mass is 15.3. The van der Waals surface area contributed by atoms with Gasteiger partial charge in [-0.05, 0) is 43.5 Å². The molecule has 0 bridgehead atoms. The van der Waals surface area contributed by atoms with Crippen molar-refractivity contribution < 1.29 is 0 Å². The van der Waals surface area contributed by atoms with Crippen LogP contribution in [0.15, 0.2) is 24.3 Å². The highest BCUT2D eigenvalue weighted by molar-refractivity contribution is 5.58. The zero-order valence-electron chi connectivity index (χ0n) is 12.6. The van der Waals surface area contributed by atoms with Crippen molar-refractivity contribution in [3.05, 3.63) is 41.1 Å². The summed E-state index contributed by atoms with van der Waals surface area (Å²) in [5.74, 6) is 1.65. The van der Waals surface area contributed by atoms with Crippen LogP contribution in [-0.4, -0.2) is 16.3 Å². The molecule has 0 spiro atoms. The molecule has 0 unspecified atom stereocenters. The van der Waals surface area contributed by atoms with Gasteiger partial charge in [-0.3, -0.25) is 0 Å². The van der Waals surface area contributed by atoms with Crippen LogP contribution in [0, 0.1) is 11.3 Å². The molecule has 1 aliphatic rings. The van der Waals surface area contributed by atoms with Gasteiger partial charge in [-0.25, -0.2) is 4.68 Å². The van der Waals surface area contributed by atoms with E-state index in [9.17, 15) is 0 Å². The Morgan fingerprint density at radius 2 is 2.00 bits per heavy atom. The first kappa shape index (κ1) is 13.7. The van der Waals surface area contributed by atoms with Gasteiger partial charge in [0.2, 0.25) is 0 Å². The lowest BCUT2D eigenvalue weighted by atomic mass is 9.96. The third-order valence-corrected chi connectivity index (χ3v) is 4.30. The van der Waals surface area contributed by atoms with E-state index >= 15 is 0 Å². The minimum absolute atomic E-state index is 0.526. The predicted octanol–water partition coefficient (Wildman–Crippen LogP) is 3.62. The van der Waals surface area contributed by atoms with Gasteiger partial charge in [-0.1, -0.05) is 13.8 Å². The average Bonchev–Trinajstić information content (AvgIpc) is 3.12. The molecule has 1 N–H and O–H groups in total. The molecular weight excluding hydrogens is 260 g/mol. The van der Waals surface area contributed by atoms with Gasteiger partial charge in [-0.2, -0.15) is 10.4 Å². The number of hydrogen-bond acceptors (Lipinski definition) is 3. The molecule has 21 heavy (non-hydrogen) atoms. The number of nitrogens with one attached hydrogen (secondary N) is 1. The van der Waals surface area contributed by atoms with Gasteiger partial charge < -0.3 is 5.32 Å². The van der Waals surface area contributed by atoms with Crippen LogP contribution in [0.1, 0.15) is 49.4 Å². The summed E-state index contributed by atoms with van der Waals surface area (Å²) in [5.41, 5.74) is 4.30. The fourth-order valence-electron chi connectivity index (χ4n) is 3.07. The van der Waals surface area contributed by atoms with Gasteiger partial charge in [0.25, 0.3) is 0 Å². The number of benzene rings is 1. The minimum Gasteiger partial charge on any atom is -0.369 e. The molecule has 1 aliphatic heterocycles. The molecule has 0 saturated heterocycles. The van der Waals surface area contributed by atoms with Crippen molar-refractivity contribution in [3.63, 3.8) is 0 Å². The zero-order valence-corrected chi connectivity index (χ0v) is 12.6. The number of fused-ring (bicyclic) bond motifs is 1. The Labute approximate surface area is 125 Å². The number of rotatable bonds is 4. The summed E-state index contributed by atoms with van der Waals surface area (Å²) < 4.78 is 2.00. The van der Waals surface area contributed by atoms with E-state index in [1.807, 2.05) is 28.9 Å². The van der Waals surface area contributed by atoms with Gasteiger partial charge >= 0.3 is 0 Å². The summed E-state index contributed by atoms with van der Waals surface area (Å²) in [4.78, 5) is 0. The van der Waals surface area contributed by atoms with Crippen molar-refractivity contribution in [3.8, 4) is 11.8 Å². The summed E-state index contributed by atoms with van der Waals surface area (Å²) in [7, 11) is 0. The van der Waals surface area contributed by atoms with Crippen LogP contribution in [0.2, 0.25) is 0 Å². The molecule has 4 heteroatoms. The average molecular weight is 280 g/mol. The molecular formula is C17H20N4. The van der Waals surface area contributed by atoms with E-state index in [1.54, 1.807) is 0 Å². The number of aromatic nitrogens is 2. The summed E-state index contributed by atoms with van der Waals surface area (Å²) in [6, 6.07) is 9.76. The van der Waals surface area contributed by atoms with Crippen molar-refractivity contribution in [2.24, 2.45) is 0 Å². The maximum absolute atomic E-state index is 8.91. The molecule has 1 aromatic carbocycles. The number of anilines is 1. The maximum Gasteiger partial charge on any atom is 0.133 e. The quantitative estimate of drug-likeness (QED) is 0.930. The second-order valence-corrected chi connectivity index (χ2v) is 5.47. The second kappa shape index (κ2) is 5.61. The molecule has 2 aromatic rings. The first-order valence-electron chi connectivity index (χ1n) is 7.64. The first-order chi connectivity index (χ1) is 10.3. The van der Waals surface area contributed by atoms with E-state index in [1.165, 1.54) is 11.3 Å². The van der Waals surface area contributed by atoms with Gasteiger partial charge in [0, 0.05) is 18.0 Å². The molecule has 2 heterocycles. The Kier molecular flexibility index (Phi) is 3.66. The number of nitrogens with zero attached hydrogens (tertiary/aromatic N) is 3. The van der Waals surface area contributed by atoms with Crippen molar-refractivity contribution in [1.82, 2.24) is 9.78 Å². The Morgan fingerprint density at radius 1 is 1.29 bits per heavy atom. The lowest BCUT2D eigenvalue weighted by Gasteiger charge is -2.10. The summed E-state index contributed by atoms with van der Waals surface area (Å²) in [5, 5.41) is 17.2.